The van der Waals surface area contributed by atoms with Gasteiger partial charge in [0.05, 0.1) is 5.69 Å². The lowest BCUT2D eigenvalue weighted by molar-refractivity contribution is 0.168. The van der Waals surface area contributed by atoms with Crippen molar-refractivity contribution < 1.29 is 14.3 Å². The van der Waals surface area contributed by atoms with Crippen LogP contribution in [0, 0.1) is 23.6 Å². The monoisotopic (exact) mass is 435 g/mol. The minimum absolute atomic E-state index is 0.0788. The standard InChI is InChI=1S/C26H30FN3O2/c27-19-3-1-2-16(12-19)17-4-5-20(28-15-17)8-11-24-23-10-9-22(30-26(31)32)13-18(23)14-25(24)29-21-6-7-21/h1-5,8,11-12,15,18,21-25,29-30H,6-7,9-10,13-14H2,(H,31,32)/t18-,22?,23-,24+,25-/m1/s1. The number of rotatable bonds is 6. The molecule has 3 fully saturated rings. The summed E-state index contributed by atoms with van der Waals surface area (Å²) < 4.78 is 13.5. The molecule has 0 saturated heterocycles. The van der Waals surface area contributed by atoms with Crippen LogP contribution in [0.5, 0.6) is 0 Å². The largest absolute Gasteiger partial charge is 0.465 e. The molecule has 0 spiro atoms. The molecule has 6 heteroatoms. The molecule has 3 N–H and O–H groups in total. The fraction of sp³-hybridized carbons (Fsp3) is 0.462. The quantitative estimate of drug-likeness (QED) is 0.591. The smallest absolute Gasteiger partial charge is 0.404 e. The Kier molecular flexibility index (Phi) is 5.96. The van der Waals surface area contributed by atoms with Crippen LogP contribution < -0.4 is 10.6 Å². The molecule has 1 aromatic carbocycles. The van der Waals surface area contributed by atoms with Gasteiger partial charge < -0.3 is 15.7 Å². The van der Waals surface area contributed by atoms with Crippen molar-refractivity contribution in [2.75, 3.05) is 0 Å². The molecule has 3 aliphatic rings. The molecular formula is C26H30FN3O2. The number of hydrogen-bond acceptors (Lipinski definition) is 3. The molecule has 1 aromatic heterocycles. The summed E-state index contributed by atoms with van der Waals surface area (Å²) >= 11 is 0. The molecule has 5 rings (SSSR count). The maximum atomic E-state index is 13.5. The van der Waals surface area contributed by atoms with Gasteiger partial charge in [-0.1, -0.05) is 24.3 Å². The van der Waals surface area contributed by atoms with Crippen molar-refractivity contribution in [2.45, 2.75) is 56.7 Å². The Hall–Kier alpha value is -2.73. The van der Waals surface area contributed by atoms with Crippen molar-refractivity contribution in [3.8, 4) is 11.1 Å². The molecule has 0 bridgehead atoms. The Bertz CT molecular complexity index is 989. The zero-order valence-corrected chi connectivity index (χ0v) is 18.1. The first-order chi connectivity index (χ1) is 15.5. The molecule has 2 aromatic rings. The van der Waals surface area contributed by atoms with Crippen LogP contribution in [0.3, 0.4) is 0 Å². The lowest BCUT2D eigenvalue weighted by atomic mass is 9.75. The maximum Gasteiger partial charge on any atom is 0.404 e. The molecule has 168 valence electrons. The minimum Gasteiger partial charge on any atom is -0.465 e. The van der Waals surface area contributed by atoms with Gasteiger partial charge in [-0.05, 0) is 86.1 Å². The molecule has 0 aliphatic heterocycles. The van der Waals surface area contributed by atoms with E-state index in [2.05, 4.69) is 27.8 Å². The van der Waals surface area contributed by atoms with Crippen LogP contribution in [0.25, 0.3) is 17.2 Å². The van der Waals surface area contributed by atoms with Crippen molar-refractivity contribution in [3.05, 3.63) is 60.2 Å². The van der Waals surface area contributed by atoms with Crippen molar-refractivity contribution >= 4 is 12.2 Å². The number of fused-ring (bicyclic) bond motifs is 1. The number of nitrogens with one attached hydrogen (secondary N) is 2. The fourth-order valence-corrected chi connectivity index (χ4v) is 5.71. The number of hydrogen-bond donors (Lipinski definition) is 3. The normalized spacial score (nSPS) is 29.7. The Balaban J connectivity index is 1.29. The lowest BCUT2D eigenvalue weighted by Crippen LogP contribution is -2.39. The van der Waals surface area contributed by atoms with E-state index >= 15 is 0 Å². The first kappa shape index (κ1) is 21.1. The van der Waals surface area contributed by atoms with Crippen LogP contribution in [0.1, 0.15) is 44.2 Å². The molecule has 5 nitrogen and oxygen atoms in total. The summed E-state index contributed by atoms with van der Waals surface area (Å²) in [5.41, 5.74) is 2.63. The van der Waals surface area contributed by atoms with Crippen LogP contribution in [0.2, 0.25) is 0 Å². The second-order valence-corrected chi connectivity index (χ2v) is 9.59. The van der Waals surface area contributed by atoms with E-state index in [4.69, 9.17) is 5.11 Å². The molecule has 1 unspecified atom stereocenters. The molecule has 5 atom stereocenters. The van der Waals surface area contributed by atoms with Crippen LogP contribution in [-0.2, 0) is 0 Å². The first-order valence-electron chi connectivity index (χ1n) is 11.7. The highest BCUT2D eigenvalue weighted by molar-refractivity contribution is 5.65. The first-order valence-corrected chi connectivity index (χ1v) is 11.7. The fourth-order valence-electron chi connectivity index (χ4n) is 5.71. The molecule has 0 radical (unpaired) electrons. The van der Waals surface area contributed by atoms with Gasteiger partial charge in [0, 0.05) is 29.9 Å². The minimum atomic E-state index is -0.914. The van der Waals surface area contributed by atoms with Gasteiger partial charge in [-0.25, -0.2) is 9.18 Å². The highest BCUT2D eigenvalue weighted by Crippen LogP contribution is 2.47. The summed E-state index contributed by atoms with van der Waals surface area (Å²) in [6.45, 7) is 0. The van der Waals surface area contributed by atoms with Crippen LogP contribution in [-0.4, -0.2) is 34.3 Å². The summed E-state index contributed by atoms with van der Waals surface area (Å²) in [4.78, 5) is 15.7. The number of amides is 1. The summed E-state index contributed by atoms with van der Waals surface area (Å²) in [5, 5.41) is 15.6. The Labute approximate surface area is 188 Å². The third-order valence-corrected chi connectivity index (χ3v) is 7.35. The number of carbonyl (C=O) groups is 1. The van der Waals surface area contributed by atoms with E-state index in [0.717, 1.165) is 42.5 Å². The Morgan fingerprint density at radius 3 is 2.62 bits per heavy atom. The number of nitrogens with zero attached hydrogens (tertiary/aromatic N) is 1. The second kappa shape index (κ2) is 9.02. The zero-order valence-electron chi connectivity index (χ0n) is 18.1. The number of carboxylic acid groups (broad SMARTS) is 1. The van der Waals surface area contributed by atoms with Gasteiger partial charge in [0.2, 0.25) is 0 Å². The van der Waals surface area contributed by atoms with Crippen molar-refractivity contribution in [1.29, 1.82) is 0 Å². The molecule has 3 aliphatic carbocycles. The predicted molar refractivity (Wildman–Crippen MR) is 122 cm³/mol. The van der Waals surface area contributed by atoms with Crippen LogP contribution >= 0.6 is 0 Å². The van der Waals surface area contributed by atoms with E-state index in [1.807, 2.05) is 18.2 Å². The van der Waals surface area contributed by atoms with Crippen molar-refractivity contribution in [1.82, 2.24) is 15.6 Å². The third kappa shape index (κ3) is 4.85. The van der Waals surface area contributed by atoms with Crippen LogP contribution in [0.15, 0.2) is 48.7 Å². The predicted octanol–water partition coefficient (Wildman–Crippen LogP) is 5.09. The van der Waals surface area contributed by atoms with E-state index in [1.54, 1.807) is 12.3 Å². The molecule has 1 heterocycles. The van der Waals surface area contributed by atoms with E-state index < -0.39 is 6.09 Å². The van der Waals surface area contributed by atoms with E-state index in [-0.39, 0.29) is 11.9 Å². The van der Waals surface area contributed by atoms with Gasteiger partial charge >= 0.3 is 6.09 Å². The SMILES string of the molecule is O=C(O)NC1CC[C@@H]2[C@H](C1)C[C@@H](NC1CC1)[C@H]2C=Cc1ccc(-c2cccc(F)c2)cn1. The van der Waals surface area contributed by atoms with Gasteiger partial charge in [0.15, 0.2) is 0 Å². The van der Waals surface area contributed by atoms with E-state index in [9.17, 15) is 9.18 Å². The van der Waals surface area contributed by atoms with Crippen molar-refractivity contribution in [3.63, 3.8) is 0 Å². The Morgan fingerprint density at radius 2 is 1.91 bits per heavy atom. The Morgan fingerprint density at radius 1 is 1.06 bits per heavy atom. The summed E-state index contributed by atoms with van der Waals surface area (Å²) in [6, 6.07) is 11.7. The molecule has 1 amide bonds. The summed E-state index contributed by atoms with van der Waals surface area (Å²) in [5.74, 6) is 1.33. The van der Waals surface area contributed by atoms with Crippen LogP contribution in [0.4, 0.5) is 9.18 Å². The van der Waals surface area contributed by atoms with Gasteiger partial charge in [-0.3, -0.25) is 4.98 Å². The number of halogens is 1. The average Bonchev–Trinajstić information content (AvgIpc) is 3.52. The third-order valence-electron chi connectivity index (χ3n) is 7.35. The highest BCUT2D eigenvalue weighted by atomic mass is 19.1. The highest BCUT2D eigenvalue weighted by Gasteiger charge is 2.46. The molecular weight excluding hydrogens is 405 g/mol. The summed E-state index contributed by atoms with van der Waals surface area (Å²) in [6.07, 6.45) is 11.9. The number of benzene rings is 1. The topological polar surface area (TPSA) is 74.2 Å². The van der Waals surface area contributed by atoms with Gasteiger partial charge in [0.1, 0.15) is 5.82 Å². The van der Waals surface area contributed by atoms with Crippen molar-refractivity contribution in [2.24, 2.45) is 17.8 Å². The molecule has 32 heavy (non-hydrogen) atoms. The average molecular weight is 436 g/mol. The number of aromatic nitrogens is 1. The van der Waals surface area contributed by atoms with Gasteiger partial charge in [-0.15, -0.1) is 0 Å². The zero-order chi connectivity index (χ0) is 22.1. The summed E-state index contributed by atoms with van der Waals surface area (Å²) in [7, 11) is 0. The molecule has 3 saturated carbocycles. The maximum absolute atomic E-state index is 13.5. The lowest BCUT2D eigenvalue weighted by Gasteiger charge is -2.33. The number of pyridine rings is 1. The van der Waals surface area contributed by atoms with E-state index in [0.29, 0.717) is 29.8 Å². The van der Waals surface area contributed by atoms with E-state index in [1.165, 1.54) is 25.0 Å². The second-order valence-electron chi connectivity index (χ2n) is 9.59. The van der Waals surface area contributed by atoms with Gasteiger partial charge in [0.25, 0.3) is 0 Å². The van der Waals surface area contributed by atoms with Gasteiger partial charge in [-0.2, -0.15) is 0 Å².